The SMILES string of the molecule is c1ccc(-c2cccc(-c3nc(-c4cccc(-c5ccccc5)c4)nc(-c4cccc(-n5c(-c6ccccc6)nc6c7ccccc7c7ccccc7c65)c4)n3)c2)cc1. The molecule has 5 nitrogen and oxygen atoms in total. The van der Waals surface area contributed by atoms with Crippen LogP contribution in [0.4, 0.5) is 0 Å². The topological polar surface area (TPSA) is 56.5 Å². The molecule has 0 spiro atoms. The lowest BCUT2D eigenvalue weighted by Crippen LogP contribution is -2.02. The van der Waals surface area contributed by atoms with Gasteiger partial charge in [0.25, 0.3) is 0 Å². The third-order valence-corrected chi connectivity index (χ3v) is 11.0. The van der Waals surface area contributed by atoms with Gasteiger partial charge in [0.2, 0.25) is 0 Å². The summed E-state index contributed by atoms with van der Waals surface area (Å²) in [6, 6.07) is 73.8. The van der Waals surface area contributed by atoms with Gasteiger partial charge in [-0.15, -0.1) is 0 Å². The van der Waals surface area contributed by atoms with Crippen molar-refractivity contribution in [2.24, 2.45) is 0 Å². The van der Waals surface area contributed by atoms with E-state index in [0.29, 0.717) is 17.5 Å². The molecule has 59 heavy (non-hydrogen) atoms. The molecule has 5 heteroatoms. The lowest BCUT2D eigenvalue weighted by Gasteiger charge is -2.14. The Balaban J connectivity index is 1.13. The highest BCUT2D eigenvalue weighted by atomic mass is 15.1. The second-order valence-corrected chi connectivity index (χ2v) is 14.7. The number of aromatic nitrogens is 5. The zero-order valence-corrected chi connectivity index (χ0v) is 31.9. The van der Waals surface area contributed by atoms with E-state index in [1.165, 1.54) is 10.8 Å². The Morgan fingerprint density at radius 3 is 1.20 bits per heavy atom. The van der Waals surface area contributed by atoms with E-state index in [4.69, 9.17) is 19.9 Å². The number of benzene rings is 9. The van der Waals surface area contributed by atoms with Gasteiger partial charge >= 0.3 is 0 Å². The Kier molecular flexibility index (Phi) is 8.41. The van der Waals surface area contributed by atoms with Crippen LogP contribution in [0.5, 0.6) is 0 Å². The predicted octanol–water partition coefficient (Wildman–Crippen LogP) is 13.5. The zero-order chi connectivity index (χ0) is 39.1. The van der Waals surface area contributed by atoms with Crippen molar-refractivity contribution < 1.29 is 0 Å². The normalized spacial score (nSPS) is 11.4. The third kappa shape index (κ3) is 6.22. The maximum Gasteiger partial charge on any atom is 0.164 e. The van der Waals surface area contributed by atoms with Gasteiger partial charge in [-0.3, -0.25) is 4.57 Å². The molecule has 0 unspecified atom stereocenters. The molecule has 9 aromatic carbocycles. The molecule has 0 fully saturated rings. The summed E-state index contributed by atoms with van der Waals surface area (Å²) in [5.74, 6) is 2.66. The van der Waals surface area contributed by atoms with Gasteiger partial charge in [0.05, 0.1) is 11.0 Å². The van der Waals surface area contributed by atoms with Crippen molar-refractivity contribution in [2.75, 3.05) is 0 Å². The number of fused-ring (bicyclic) bond motifs is 6. The van der Waals surface area contributed by atoms with E-state index in [2.05, 4.69) is 199 Å². The van der Waals surface area contributed by atoms with E-state index in [1.54, 1.807) is 0 Å². The molecule has 0 N–H and O–H groups in total. The van der Waals surface area contributed by atoms with Crippen molar-refractivity contribution >= 4 is 32.6 Å². The van der Waals surface area contributed by atoms with E-state index in [0.717, 1.165) is 77.8 Å². The monoisotopic (exact) mass is 753 g/mol. The van der Waals surface area contributed by atoms with Crippen LogP contribution in [0, 0.1) is 0 Å². The molecule has 0 amide bonds. The van der Waals surface area contributed by atoms with Gasteiger partial charge in [0, 0.05) is 38.7 Å². The summed E-state index contributed by atoms with van der Waals surface area (Å²) in [6.45, 7) is 0. The van der Waals surface area contributed by atoms with Crippen molar-refractivity contribution in [3.05, 3.63) is 212 Å². The Bertz CT molecular complexity index is 3220. The second kappa shape index (κ2) is 14.5. The Labute approximate surface area is 341 Å². The molecule has 0 saturated carbocycles. The van der Waals surface area contributed by atoms with Crippen LogP contribution in [0.15, 0.2) is 212 Å². The summed E-state index contributed by atoms with van der Waals surface area (Å²) in [4.78, 5) is 21.0. The van der Waals surface area contributed by atoms with E-state index in [-0.39, 0.29) is 0 Å². The van der Waals surface area contributed by atoms with E-state index in [9.17, 15) is 0 Å². The molecule has 0 aliphatic rings. The molecule has 0 radical (unpaired) electrons. The van der Waals surface area contributed by atoms with Crippen molar-refractivity contribution in [3.63, 3.8) is 0 Å². The minimum atomic E-state index is 0.586. The molecule has 0 aliphatic heterocycles. The molecule has 0 saturated heterocycles. The molecule has 2 aromatic heterocycles. The Hall–Kier alpha value is -8.02. The molecular weight excluding hydrogens is 719 g/mol. The van der Waals surface area contributed by atoms with Gasteiger partial charge < -0.3 is 0 Å². The molecule has 0 atom stereocenters. The van der Waals surface area contributed by atoms with E-state index in [1.807, 2.05) is 18.2 Å². The summed E-state index contributed by atoms with van der Waals surface area (Å²) < 4.78 is 2.30. The van der Waals surface area contributed by atoms with Crippen LogP contribution in [0.1, 0.15) is 0 Å². The summed E-state index contributed by atoms with van der Waals surface area (Å²) in [6.07, 6.45) is 0. The maximum absolute atomic E-state index is 5.44. The Morgan fingerprint density at radius 1 is 0.271 bits per heavy atom. The summed E-state index contributed by atoms with van der Waals surface area (Å²) in [7, 11) is 0. The lowest BCUT2D eigenvalue weighted by molar-refractivity contribution is 1.07. The van der Waals surface area contributed by atoms with Gasteiger partial charge in [-0.1, -0.05) is 188 Å². The number of imidazole rings is 1. The van der Waals surface area contributed by atoms with Crippen LogP contribution in [0.2, 0.25) is 0 Å². The zero-order valence-electron chi connectivity index (χ0n) is 31.9. The Morgan fingerprint density at radius 2 is 0.661 bits per heavy atom. The fraction of sp³-hybridized carbons (Fsp3) is 0. The predicted molar refractivity (Wildman–Crippen MR) is 242 cm³/mol. The number of hydrogen-bond acceptors (Lipinski definition) is 4. The number of rotatable bonds is 7. The summed E-state index contributed by atoms with van der Waals surface area (Å²) in [5.41, 5.74) is 11.2. The van der Waals surface area contributed by atoms with Crippen LogP contribution in [0.3, 0.4) is 0 Å². The van der Waals surface area contributed by atoms with Gasteiger partial charge in [-0.25, -0.2) is 19.9 Å². The lowest BCUT2D eigenvalue weighted by atomic mass is 10.00. The third-order valence-electron chi connectivity index (χ3n) is 11.0. The van der Waals surface area contributed by atoms with Crippen molar-refractivity contribution in [3.8, 4) is 73.5 Å². The van der Waals surface area contributed by atoms with Gasteiger partial charge in [-0.2, -0.15) is 0 Å². The molecular formula is C54H35N5. The first-order valence-electron chi connectivity index (χ1n) is 19.8. The number of hydrogen-bond donors (Lipinski definition) is 0. The molecule has 276 valence electrons. The van der Waals surface area contributed by atoms with Crippen molar-refractivity contribution in [2.45, 2.75) is 0 Å². The first kappa shape index (κ1) is 34.2. The highest BCUT2D eigenvalue weighted by Gasteiger charge is 2.21. The largest absolute Gasteiger partial charge is 0.292 e. The second-order valence-electron chi connectivity index (χ2n) is 14.7. The van der Waals surface area contributed by atoms with Crippen LogP contribution in [0.25, 0.3) is 106 Å². The fourth-order valence-electron chi connectivity index (χ4n) is 8.22. The molecule has 0 aliphatic carbocycles. The fourth-order valence-corrected chi connectivity index (χ4v) is 8.22. The minimum Gasteiger partial charge on any atom is -0.292 e. The van der Waals surface area contributed by atoms with Gasteiger partial charge in [0.15, 0.2) is 17.5 Å². The smallest absolute Gasteiger partial charge is 0.164 e. The number of nitrogens with zero attached hydrogens (tertiary/aromatic N) is 5. The van der Waals surface area contributed by atoms with Crippen LogP contribution < -0.4 is 0 Å². The quantitative estimate of drug-likeness (QED) is 0.152. The van der Waals surface area contributed by atoms with Gasteiger partial charge in [-0.05, 0) is 57.3 Å². The summed E-state index contributed by atoms with van der Waals surface area (Å²) in [5, 5.41) is 4.64. The highest BCUT2D eigenvalue weighted by Crippen LogP contribution is 2.40. The van der Waals surface area contributed by atoms with Crippen LogP contribution in [-0.2, 0) is 0 Å². The average Bonchev–Trinajstić information content (AvgIpc) is 3.74. The van der Waals surface area contributed by atoms with Crippen LogP contribution in [-0.4, -0.2) is 24.5 Å². The first-order chi connectivity index (χ1) is 29.2. The van der Waals surface area contributed by atoms with Crippen LogP contribution >= 0.6 is 0 Å². The maximum atomic E-state index is 5.44. The molecule has 11 rings (SSSR count). The minimum absolute atomic E-state index is 0.586. The van der Waals surface area contributed by atoms with Crippen molar-refractivity contribution in [1.29, 1.82) is 0 Å². The van der Waals surface area contributed by atoms with E-state index >= 15 is 0 Å². The van der Waals surface area contributed by atoms with E-state index < -0.39 is 0 Å². The van der Waals surface area contributed by atoms with Crippen molar-refractivity contribution in [1.82, 2.24) is 24.5 Å². The molecule has 11 aromatic rings. The first-order valence-corrected chi connectivity index (χ1v) is 19.8. The summed E-state index contributed by atoms with van der Waals surface area (Å²) >= 11 is 0. The average molecular weight is 754 g/mol. The molecule has 0 bridgehead atoms. The van der Waals surface area contributed by atoms with Gasteiger partial charge in [0.1, 0.15) is 5.82 Å². The standard InChI is InChI=1S/C54H35N5/c1-4-17-36(18-5-1)39-23-14-25-41(33-39)51-56-52(42-26-15-24-40(34-42)37-19-6-2-7-20-37)58-53(57-51)43-27-16-28-44(35-43)59-50-48-32-13-11-30-46(48)45-29-10-12-31-47(45)49(50)55-54(59)38-21-8-3-9-22-38/h1-35H. The molecule has 2 heterocycles. The highest BCUT2D eigenvalue weighted by molar-refractivity contribution is 6.24.